The molecule has 2 heterocycles. The van der Waals surface area contributed by atoms with Crippen molar-refractivity contribution in [3.63, 3.8) is 0 Å². The average molecular weight is 250 g/mol. The van der Waals surface area contributed by atoms with Gasteiger partial charge in [0.1, 0.15) is 5.82 Å². The summed E-state index contributed by atoms with van der Waals surface area (Å²) in [5.41, 5.74) is 1.12. The van der Waals surface area contributed by atoms with Crippen LogP contribution in [0.2, 0.25) is 0 Å². The Bertz CT molecular complexity index is 334. The van der Waals surface area contributed by atoms with E-state index in [4.69, 9.17) is 9.47 Å². The van der Waals surface area contributed by atoms with Crippen molar-refractivity contribution in [1.82, 2.24) is 4.98 Å². The summed E-state index contributed by atoms with van der Waals surface area (Å²) in [4.78, 5) is 4.35. The lowest BCUT2D eigenvalue weighted by Gasteiger charge is -2.09. The van der Waals surface area contributed by atoms with Crippen molar-refractivity contribution in [2.45, 2.75) is 26.4 Å². The van der Waals surface area contributed by atoms with Gasteiger partial charge >= 0.3 is 0 Å². The predicted octanol–water partition coefficient (Wildman–Crippen LogP) is 2.46. The van der Waals surface area contributed by atoms with Gasteiger partial charge in [0.25, 0.3) is 0 Å². The monoisotopic (exact) mass is 250 g/mol. The van der Waals surface area contributed by atoms with Gasteiger partial charge < -0.3 is 14.8 Å². The Kier molecular flexibility index (Phi) is 5.42. The van der Waals surface area contributed by atoms with E-state index in [9.17, 15) is 0 Å². The number of aromatic nitrogens is 1. The Morgan fingerprint density at radius 2 is 2.44 bits per heavy atom. The number of ether oxygens (including phenoxy) is 2. The first-order valence-electron chi connectivity index (χ1n) is 6.72. The molecule has 0 amide bonds. The van der Waals surface area contributed by atoms with Crippen molar-refractivity contribution in [3.05, 3.63) is 23.9 Å². The van der Waals surface area contributed by atoms with Crippen molar-refractivity contribution >= 4 is 5.82 Å². The fraction of sp³-hybridized carbons (Fsp3) is 0.643. The number of hydrogen-bond acceptors (Lipinski definition) is 4. The third kappa shape index (κ3) is 4.27. The number of rotatable bonds is 7. The van der Waals surface area contributed by atoms with Gasteiger partial charge in [0.05, 0.1) is 19.8 Å². The molecule has 0 saturated carbocycles. The molecule has 4 heteroatoms. The summed E-state index contributed by atoms with van der Waals surface area (Å²) in [6.45, 7) is 6.26. The van der Waals surface area contributed by atoms with E-state index >= 15 is 0 Å². The van der Waals surface area contributed by atoms with Crippen LogP contribution >= 0.6 is 0 Å². The second kappa shape index (κ2) is 7.34. The van der Waals surface area contributed by atoms with Crippen LogP contribution in [-0.2, 0) is 16.1 Å². The number of nitrogens with one attached hydrogen (secondary N) is 1. The van der Waals surface area contributed by atoms with Crippen molar-refractivity contribution in [1.29, 1.82) is 0 Å². The maximum Gasteiger partial charge on any atom is 0.125 e. The maximum absolute atomic E-state index is 5.68. The Morgan fingerprint density at radius 1 is 1.50 bits per heavy atom. The lowest BCUT2D eigenvalue weighted by atomic mass is 10.1. The zero-order chi connectivity index (χ0) is 12.6. The predicted molar refractivity (Wildman–Crippen MR) is 71.6 cm³/mol. The van der Waals surface area contributed by atoms with Crippen molar-refractivity contribution in [3.8, 4) is 0 Å². The highest BCUT2D eigenvalue weighted by Gasteiger charge is 2.15. The topological polar surface area (TPSA) is 43.4 Å². The molecule has 1 saturated heterocycles. The molecular formula is C14H22N2O2. The van der Waals surface area contributed by atoms with E-state index in [0.29, 0.717) is 12.5 Å². The summed E-state index contributed by atoms with van der Waals surface area (Å²) in [6, 6.07) is 4.07. The fourth-order valence-electron chi connectivity index (χ4n) is 1.93. The highest BCUT2D eigenvalue weighted by molar-refractivity contribution is 5.35. The molecule has 1 aliphatic heterocycles. The molecule has 0 aromatic carbocycles. The van der Waals surface area contributed by atoms with Crippen LogP contribution in [0.3, 0.4) is 0 Å². The van der Waals surface area contributed by atoms with Gasteiger partial charge in [-0.1, -0.05) is 13.0 Å². The summed E-state index contributed by atoms with van der Waals surface area (Å²) in [7, 11) is 0. The summed E-state index contributed by atoms with van der Waals surface area (Å²) >= 11 is 0. The van der Waals surface area contributed by atoms with Gasteiger partial charge in [-0.3, -0.25) is 0 Å². The van der Waals surface area contributed by atoms with E-state index in [1.54, 1.807) is 0 Å². The van der Waals surface area contributed by atoms with Crippen molar-refractivity contribution in [2.75, 3.05) is 31.7 Å². The minimum Gasteiger partial charge on any atom is -0.381 e. The molecule has 1 N–H and O–H groups in total. The molecule has 1 atom stereocenters. The molecule has 1 aromatic heterocycles. The van der Waals surface area contributed by atoms with E-state index in [2.05, 4.69) is 23.3 Å². The van der Waals surface area contributed by atoms with Crippen LogP contribution < -0.4 is 5.32 Å². The highest BCUT2D eigenvalue weighted by Crippen LogP contribution is 2.13. The number of pyridine rings is 1. The molecule has 1 aliphatic rings. The Morgan fingerprint density at radius 3 is 3.11 bits per heavy atom. The van der Waals surface area contributed by atoms with Crippen LogP contribution in [0.25, 0.3) is 0 Å². The van der Waals surface area contributed by atoms with Gasteiger partial charge in [-0.2, -0.15) is 0 Å². The molecule has 0 radical (unpaired) electrons. The molecule has 100 valence electrons. The summed E-state index contributed by atoms with van der Waals surface area (Å²) in [5.74, 6) is 1.51. The molecular weight excluding hydrogens is 228 g/mol. The van der Waals surface area contributed by atoms with E-state index in [-0.39, 0.29) is 0 Å². The number of anilines is 1. The maximum atomic E-state index is 5.68. The Balaban J connectivity index is 1.68. The van der Waals surface area contributed by atoms with Gasteiger partial charge in [0.15, 0.2) is 0 Å². The third-order valence-corrected chi connectivity index (χ3v) is 3.03. The molecule has 0 aliphatic carbocycles. The van der Waals surface area contributed by atoms with E-state index in [1.807, 2.05) is 12.3 Å². The third-order valence-electron chi connectivity index (χ3n) is 3.03. The SMILES string of the molecule is CCCNc1ccc(COCC2CCOC2)cn1. The normalized spacial score (nSPS) is 19.1. The zero-order valence-corrected chi connectivity index (χ0v) is 11.0. The first kappa shape index (κ1) is 13.3. The van der Waals surface area contributed by atoms with Crippen LogP contribution in [0, 0.1) is 5.92 Å². The number of nitrogens with zero attached hydrogens (tertiary/aromatic N) is 1. The quantitative estimate of drug-likeness (QED) is 0.807. The Labute approximate surface area is 109 Å². The molecule has 18 heavy (non-hydrogen) atoms. The molecule has 1 fully saturated rings. The van der Waals surface area contributed by atoms with Crippen molar-refractivity contribution in [2.24, 2.45) is 5.92 Å². The van der Waals surface area contributed by atoms with Crippen LogP contribution in [0.4, 0.5) is 5.82 Å². The van der Waals surface area contributed by atoms with Gasteiger partial charge in [0.2, 0.25) is 0 Å². The van der Waals surface area contributed by atoms with Crippen LogP contribution in [-0.4, -0.2) is 31.3 Å². The fourth-order valence-corrected chi connectivity index (χ4v) is 1.93. The summed E-state index contributed by atoms with van der Waals surface area (Å²) in [6.07, 6.45) is 4.11. The van der Waals surface area contributed by atoms with Crippen LogP contribution in [0.15, 0.2) is 18.3 Å². The van der Waals surface area contributed by atoms with Crippen LogP contribution in [0.5, 0.6) is 0 Å². The average Bonchev–Trinajstić information content (AvgIpc) is 2.91. The first-order valence-corrected chi connectivity index (χ1v) is 6.72. The van der Waals surface area contributed by atoms with Crippen molar-refractivity contribution < 1.29 is 9.47 Å². The zero-order valence-electron chi connectivity index (χ0n) is 11.0. The first-order chi connectivity index (χ1) is 8.88. The van der Waals surface area contributed by atoms with E-state index < -0.39 is 0 Å². The van der Waals surface area contributed by atoms with E-state index in [0.717, 1.165) is 50.6 Å². The van der Waals surface area contributed by atoms with Gasteiger partial charge in [0, 0.05) is 25.3 Å². The van der Waals surface area contributed by atoms with Gasteiger partial charge in [-0.25, -0.2) is 4.98 Å². The summed E-state index contributed by atoms with van der Waals surface area (Å²) < 4.78 is 11.0. The van der Waals surface area contributed by atoms with Gasteiger partial charge in [-0.05, 0) is 24.5 Å². The second-order valence-corrected chi connectivity index (χ2v) is 4.72. The Hall–Kier alpha value is -1.13. The minimum atomic E-state index is 0.573. The lowest BCUT2D eigenvalue weighted by Crippen LogP contribution is -2.09. The molecule has 0 spiro atoms. The molecule has 2 rings (SSSR count). The van der Waals surface area contributed by atoms with E-state index in [1.165, 1.54) is 0 Å². The summed E-state index contributed by atoms with van der Waals surface area (Å²) in [5, 5.41) is 3.25. The number of hydrogen-bond donors (Lipinski definition) is 1. The standard InChI is InChI=1S/C14H22N2O2/c1-2-6-15-14-4-3-12(8-16-14)9-18-11-13-5-7-17-10-13/h3-4,8,13H,2,5-7,9-11H2,1H3,(H,15,16). The van der Waals surface area contributed by atoms with Gasteiger partial charge in [-0.15, -0.1) is 0 Å². The minimum absolute atomic E-state index is 0.573. The molecule has 0 bridgehead atoms. The smallest absolute Gasteiger partial charge is 0.125 e. The second-order valence-electron chi connectivity index (χ2n) is 4.72. The molecule has 4 nitrogen and oxygen atoms in total. The van der Waals surface area contributed by atoms with Crippen LogP contribution in [0.1, 0.15) is 25.3 Å². The molecule has 1 aromatic rings. The largest absolute Gasteiger partial charge is 0.381 e. The molecule has 1 unspecified atom stereocenters. The highest BCUT2D eigenvalue weighted by atomic mass is 16.5. The lowest BCUT2D eigenvalue weighted by molar-refractivity contribution is 0.0790.